The first-order chi connectivity index (χ1) is 14.0. The van der Waals surface area contributed by atoms with E-state index in [0.717, 1.165) is 6.42 Å². The molecule has 0 saturated heterocycles. The van der Waals surface area contributed by atoms with Gasteiger partial charge in [0.2, 0.25) is 11.8 Å². The van der Waals surface area contributed by atoms with Gasteiger partial charge in [-0.1, -0.05) is 41.0 Å². The van der Waals surface area contributed by atoms with Crippen molar-refractivity contribution in [3.05, 3.63) is 16.1 Å². The van der Waals surface area contributed by atoms with Gasteiger partial charge < -0.3 is 15.0 Å². The van der Waals surface area contributed by atoms with E-state index in [2.05, 4.69) is 38.0 Å². The monoisotopic (exact) mass is 439 g/mol. The van der Waals surface area contributed by atoms with Crippen LogP contribution in [-0.2, 0) is 14.3 Å². The summed E-state index contributed by atoms with van der Waals surface area (Å²) in [5.74, 6) is -0.144. The number of aromatic nitrogens is 1. The summed E-state index contributed by atoms with van der Waals surface area (Å²) >= 11 is 1.31. The first-order valence-electron chi connectivity index (χ1n) is 10.7. The average Bonchev–Trinajstić information content (AvgIpc) is 3.18. The van der Waals surface area contributed by atoms with Crippen LogP contribution in [-0.4, -0.2) is 47.4 Å². The molecule has 2 amide bonds. The second kappa shape index (κ2) is 12.0. The predicted molar refractivity (Wildman–Crippen MR) is 119 cm³/mol. The van der Waals surface area contributed by atoms with Gasteiger partial charge in [-0.05, 0) is 25.2 Å². The highest BCUT2D eigenvalue weighted by atomic mass is 32.1. The van der Waals surface area contributed by atoms with E-state index in [9.17, 15) is 14.4 Å². The molecule has 0 aromatic carbocycles. The number of amides is 2. The molecule has 0 saturated carbocycles. The maximum Gasteiger partial charge on any atom is 0.357 e. The predicted octanol–water partition coefficient (Wildman–Crippen LogP) is 4.05. The molecular weight excluding hydrogens is 402 g/mol. The summed E-state index contributed by atoms with van der Waals surface area (Å²) in [5, 5.41) is 5.22. The van der Waals surface area contributed by atoms with Crippen molar-refractivity contribution < 1.29 is 19.1 Å². The number of nitrogens with one attached hydrogen (secondary N) is 1. The van der Waals surface area contributed by atoms with Crippen LogP contribution in [0.2, 0.25) is 0 Å². The Kier molecular flexibility index (Phi) is 10.5. The lowest BCUT2D eigenvalue weighted by atomic mass is 9.89. The van der Waals surface area contributed by atoms with Crippen molar-refractivity contribution in [3.8, 4) is 0 Å². The van der Waals surface area contributed by atoms with Crippen LogP contribution < -0.4 is 5.32 Å². The molecule has 170 valence electrons. The molecule has 0 fully saturated rings. The van der Waals surface area contributed by atoms with E-state index in [0.29, 0.717) is 17.3 Å². The number of hydrogen-bond acceptors (Lipinski definition) is 6. The Morgan fingerprint density at radius 1 is 1.20 bits per heavy atom. The Hall–Kier alpha value is -1.96. The van der Waals surface area contributed by atoms with E-state index in [1.165, 1.54) is 18.3 Å². The van der Waals surface area contributed by atoms with Gasteiger partial charge in [0.05, 0.1) is 12.6 Å². The van der Waals surface area contributed by atoms with E-state index < -0.39 is 12.0 Å². The first kappa shape index (κ1) is 26.1. The fraction of sp³-hybridized carbons (Fsp3) is 0.727. The summed E-state index contributed by atoms with van der Waals surface area (Å²) in [5.41, 5.74) is 0.239. The summed E-state index contributed by atoms with van der Waals surface area (Å²) in [6.45, 7) is 13.8. The molecule has 0 aliphatic heterocycles. The van der Waals surface area contributed by atoms with Gasteiger partial charge in [0.1, 0.15) is 5.01 Å². The van der Waals surface area contributed by atoms with Crippen molar-refractivity contribution >= 4 is 29.1 Å². The molecule has 1 N–H and O–H groups in total. The van der Waals surface area contributed by atoms with Crippen molar-refractivity contribution in [2.45, 2.75) is 73.4 Å². The number of ether oxygens (including phenoxy) is 1. The Morgan fingerprint density at radius 3 is 2.33 bits per heavy atom. The quantitative estimate of drug-likeness (QED) is 0.526. The number of rotatable bonds is 11. The number of thiazole rings is 1. The largest absolute Gasteiger partial charge is 0.461 e. The Bertz CT molecular complexity index is 719. The van der Waals surface area contributed by atoms with E-state index in [4.69, 9.17) is 4.74 Å². The molecule has 0 spiro atoms. The van der Waals surface area contributed by atoms with Crippen LogP contribution in [0.1, 0.15) is 82.8 Å². The number of carbonyl (C=O) groups excluding carboxylic acids is 3. The van der Waals surface area contributed by atoms with E-state index >= 15 is 0 Å². The molecule has 30 heavy (non-hydrogen) atoms. The van der Waals surface area contributed by atoms with Gasteiger partial charge in [0.25, 0.3) is 0 Å². The molecule has 1 aromatic rings. The van der Waals surface area contributed by atoms with Crippen molar-refractivity contribution in [3.63, 3.8) is 0 Å². The summed E-state index contributed by atoms with van der Waals surface area (Å²) < 4.78 is 5.02. The topological polar surface area (TPSA) is 88.6 Å². The zero-order valence-electron chi connectivity index (χ0n) is 19.5. The van der Waals surface area contributed by atoms with Gasteiger partial charge in [0, 0.05) is 31.3 Å². The zero-order chi connectivity index (χ0) is 23.0. The normalized spacial score (nSPS) is 15.2. The van der Waals surface area contributed by atoms with Crippen LogP contribution in [0.4, 0.5) is 0 Å². The zero-order valence-corrected chi connectivity index (χ0v) is 20.3. The highest BCUT2D eigenvalue weighted by Crippen LogP contribution is 2.29. The standard InChI is InChI=1S/C22H37N3O4S/c1-9-14(5)15(6)21(27)25(8)19(13(3)4)11-17(23-16(7)26)20-24-18(12-30-20)22(28)29-10-2/h12-15,17,19H,9-11H2,1-8H3,(H,23,26)/t14-,15-,17+,19+/m0/s1. The first-order valence-corrected chi connectivity index (χ1v) is 11.6. The van der Waals surface area contributed by atoms with Gasteiger partial charge in [0.15, 0.2) is 5.69 Å². The molecule has 0 aliphatic carbocycles. The Morgan fingerprint density at radius 2 is 1.83 bits per heavy atom. The number of hydrogen-bond donors (Lipinski definition) is 1. The Labute approximate surface area is 184 Å². The third-order valence-electron chi connectivity index (χ3n) is 5.66. The SMILES string of the molecule is CCOC(=O)c1csc([C@@H](C[C@H](C(C)C)N(C)C(=O)[C@@H](C)[C@@H](C)CC)NC(C)=O)n1. The van der Waals surface area contributed by atoms with Gasteiger partial charge in [-0.15, -0.1) is 11.3 Å². The van der Waals surface area contributed by atoms with Crippen LogP contribution in [0.25, 0.3) is 0 Å². The molecule has 1 heterocycles. The van der Waals surface area contributed by atoms with E-state index in [1.54, 1.807) is 12.3 Å². The molecule has 8 heteroatoms. The summed E-state index contributed by atoms with van der Waals surface area (Å²) in [6, 6.07) is -0.479. The smallest absolute Gasteiger partial charge is 0.357 e. The van der Waals surface area contributed by atoms with Crippen LogP contribution in [0, 0.1) is 17.8 Å². The Balaban J connectivity index is 3.11. The van der Waals surface area contributed by atoms with E-state index in [-0.39, 0.29) is 42.0 Å². The molecule has 4 atom stereocenters. The summed E-state index contributed by atoms with van der Waals surface area (Å²) in [6.07, 6.45) is 1.46. The van der Waals surface area contributed by atoms with Crippen molar-refractivity contribution in [2.24, 2.45) is 17.8 Å². The number of esters is 1. The van der Waals surface area contributed by atoms with Crippen molar-refractivity contribution in [2.75, 3.05) is 13.7 Å². The van der Waals surface area contributed by atoms with Crippen LogP contribution >= 0.6 is 11.3 Å². The van der Waals surface area contributed by atoms with Gasteiger partial charge in [-0.25, -0.2) is 9.78 Å². The fourth-order valence-electron chi connectivity index (χ4n) is 3.41. The molecule has 7 nitrogen and oxygen atoms in total. The van der Waals surface area contributed by atoms with E-state index in [1.807, 2.05) is 18.9 Å². The average molecular weight is 440 g/mol. The minimum atomic E-state index is -0.475. The minimum absolute atomic E-state index is 0.0734. The van der Waals surface area contributed by atoms with Gasteiger partial charge in [-0.3, -0.25) is 9.59 Å². The van der Waals surface area contributed by atoms with Crippen LogP contribution in [0.5, 0.6) is 0 Å². The highest BCUT2D eigenvalue weighted by molar-refractivity contribution is 7.09. The molecule has 1 rings (SSSR count). The van der Waals surface area contributed by atoms with Crippen LogP contribution in [0.3, 0.4) is 0 Å². The second-order valence-corrected chi connectivity index (χ2v) is 9.10. The number of nitrogens with zero attached hydrogens (tertiary/aromatic N) is 2. The molecule has 0 aliphatic rings. The lowest BCUT2D eigenvalue weighted by Crippen LogP contribution is -2.46. The number of carbonyl (C=O) groups is 3. The third-order valence-corrected chi connectivity index (χ3v) is 6.62. The lowest BCUT2D eigenvalue weighted by molar-refractivity contribution is -0.138. The minimum Gasteiger partial charge on any atom is -0.461 e. The highest BCUT2D eigenvalue weighted by Gasteiger charge is 2.32. The summed E-state index contributed by atoms with van der Waals surface area (Å²) in [4.78, 5) is 43.1. The molecule has 0 bridgehead atoms. The fourth-order valence-corrected chi connectivity index (χ4v) is 4.27. The van der Waals surface area contributed by atoms with Crippen LogP contribution in [0.15, 0.2) is 5.38 Å². The maximum atomic E-state index is 13.1. The van der Waals surface area contributed by atoms with Gasteiger partial charge in [-0.2, -0.15) is 0 Å². The lowest BCUT2D eigenvalue weighted by Gasteiger charge is -2.36. The van der Waals surface area contributed by atoms with Gasteiger partial charge >= 0.3 is 5.97 Å². The van der Waals surface area contributed by atoms with Crippen molar-refractivity contribution in [1.82, 2.24) is 15.2 Å². The molecule has 0 radical (unpaired) electrons. The maximum absolute atomic E-state index is 13.1. The van der Waals surface area contributed by atoms with Crippen molar-refractivity contribution in [1.29, 1.82) is 0 Å². The molecule has 0 unspecified atom stereocenters. The molecule has 1 aromatic heterocycles. The second-order valence-electron chi connectivity index (χ2n) is 8.21. The third kappa shape index (κ3) is 7.07. The summed E-state index contributed by atoms with van der Waals surface area (Å²) in [7, 11) is 1.84. The molecular formula is C22H37N3O4S.